The molecule has 0 spiro atoms. The van der Waals surface area contributed by atoms with Gasteiger partial charge in [-0.25, -0.2) is 0 Å². The molecule has 0 unspecified atom stereocenters. The third-order valence-corrected chi connectivity index (χ3v) is 8.64. The van der Waals surface area contributed by atoms with E-state index in [0.29, 0.717) is 46.8 Å². The third-order valence-electron chi connectivity index (χ3n) is 6.23. The molecule has 3 rings (SSSR count). The summed E-state index contributed by atoms with van der Waals surface area (Å²) in [5.41, 5.74) is 0.694. The van der Waals surface area contributed by atoms with Gasteiger partial charge < -0.3 is 15.3 Å². The minimum atomic E-state index is -1.07. The highest BCUT2D eigenvalue weighted by atomic mass is 35.5. The lowest BCUT2D eigenvalue weighted by molar-refractivity contribution is -0.142. The summed E-state index contributed by atoms with van der Waals surface area (Å²) in [7, 11) is 0. The average Bonchev–Trinajstić information content (AvgIpc) is 2.82. The van der Waals surface area contributed by atoms with Gasteiger partial charge in [0.1, 0.15) is 6.04 Å². The van der Waals surface area contributed by atoms with Crippen molar-refractivity contribution in [2.75, 3.05) is 13.1 Å². The first-order valence-corrected chi connectivity index (χ1v) is 13.0. The molecule has 1 heterocycles. The number of aliphatic carboxylic acids is 1. The Morgan fingerprint density at radius 3 is 2.39 bits per heavy atom. The Hall–Kier alpha value is -1.70. The SMILES string of the molecule is C[C@H](NC(=O)C1CCN(C(=O)/C=C/c2ccc(SC3CCCCC3)c(Cl)c2Cl)CC1)C(=O)O. The fraction of sp³-hybridized carbons (Fsp3) is 0.542. The first kappa shape index (κ1) is 25.9. The molecule has 33 heavy (non-hydrogen) atoms. The monoisotopic (exact) mass is 512 g/mol. The summed E-state index contributed by atoms with van der Waals surface area (Å²) in [6, 6.07) is 2.94. The van der Waals surface area contributed by atoms with E-state index < -0.39 is 12.0 Å². The van der Waals surface area contributed by atoms with E-state index >= 15 is 0 Å². The number of amides is 2. The van der Waals surface area contributed by atoms with Crippen LogP contribution in [0.15, 0.2) is 23.1 Å². The van der Waals surface area contributed by atoms with Crippen LogP contribution in [-0.2, 0) is 14.4 Å². The maximum atomic E-state index is 12.6. The van der Waals surface area contributed by atoms with E-state index in [1.807, 2.05) is 12.1 Å². The fourth-order valence-electron chi connectivity index (χ4n) is 4.15. The van der Waals surface area contributed by atoms with Crippen molar-refractivity contribution < 1.29 is 19.5 Å². The van der Waals surface area contributed by atoms with Crippen molar-refractivity contribution in [3.05, 3.63) is 33.8 Å². The molecule has 0 bridgehead atoms. The highest BCUT2D eigenvalue weighted by Gasteiger charge is 2.28. The van der Waals surface area contributed by atoms with Crippen LogP contribution in [0.3, 0.4) is 0 Å². The van der Waals surface area contributed by atoms with Gasteiger partial charge in [0.2, 0.25) is 11.8 Å². The molecule has 1 aromatic carbocycles. The topological polar surface area (TPSA) is 86.7 Å². The van der Waals surface area contributed by atoms with Crippen molar-refractivity contribution in [2.45, 2.75) is 68.1 Å². The Kier molecular flexibility index (Phi) is 9.53. The second-order valence-electron chi connectivity index (χ2n) is 8.66. The van der Waals surface area contributed by atoms with Gasteiger partial charge in [0.05, 0.1) is 10.0 Å². The van der Waals surface area contributed by atoms with Crippen LogP contribution in [0.2, 0.25) is 10.0 Å². The summed E-state index contributed by atoms with van der Waals surface area (Å²) in [5.74, 6) is -1.79. The van der Waals surface area contributed by atoms with Crippen LogP contribution in [0.1, 0.15) is 57.4 Å². The molecule has 1 saturated heterocycles. The number of likely N-dealkylation sites (tertiary alicyclic amines) is 1. The zero-order valence-corrected chi connectivity index (χ0v) is 21.0. The number of hydrogen-bond donors (Lipinski definition) is 2. The molecule has 2 aliphatic rings. The van der Waals surface area contributed by atoms with Crippen LogP contribution in [-0.4, -0.2) is 52.2 Å². The summed E-state index contributed by atoms with van der Waals surface area (Å²) in [6.07, 6.45) is 10.4. The van der Waals surface area contributed by atoms with Gasteiger partial charge in [-0.1, -0.05) is 48.5 Å². The van der Waals surface area contributed by atoms with E-state index in [4.69, 9.17) is 28.3 Å². The quantitative estimate of drug-likeness (QED) is 0.486. The van der Waals surface area contributed by atoms with E-state index in [1.54, 1.807) is 22.7 Å². The molecule has 0 aromatic heterocycles. The number of piperidine rings is 1. The molecule has 6 nitrogen and oxygen atoms in total. The second-order valence-corrected chi connectivity index (χ2v) is 10.8. The van der Waals surface area contributed by atoms with Gasteiger partial charge in [0, 0.05) is 35.2 Å². The Morgan fingerprint density at radius 2 is 1.76 bits per heavy atom. The van der Waals surface area contributed by atoms with Crippen LogP contribution >= 0.6 is 35.0 Å². The van der Waals surface area contributed by atoms with Gasteiger partial charge in [-0.3, -0.25) is 14.4 Å². The van der Waals surface area contributed by atoms with Crippen molar-refractivity contribution in [3.63, 3.8) is 0 Å². The number of halogens is 2. The first-order valence-electron chi connectivity index (χ1n) is 11.4. The van der Waals surface area contributed by atoms with Crippen molar-refractivity contribution in [3.8, 4) is 0 Å². The van der Waals surface area contributed by atoms with Gasteiger partial charge in [0.25, 0.3) is 0 Å². The molecule has 1 saturated carbocycles. The van der Waals surface area contributed by atoms with E-state index in [0.717, 1.165) is 4.90 Å². The maximum absolute atomic E-state index is 12.6. The van der Waals surface area contributed by atoms with E-state index in [2.05, 4.69) is 5.32 Å². The summed E-state index contributed by atoms with van der Waals surface area (Å²) < 4.78 is 0. The molecule has 180 valence electrons. The molecule has 2 N–H and O–H groups in total. The van der Waals surface area contributed by atoms with Crippen LogP contribution in [0.5, 0.6) is 0 Å². The average molecular weight is 513 g/mol. The summed E-state index contributed by atoms with van der Waals surface area (Å²) >= 11 is 14.8. The van der Waals surface area contributed by atoms with Crippen LogP contribution < -0.4 is 5.32 Å². The van der Waals surface area contributed by atoms with E-state index in [1.165, 1.54) is 45.1 Å². The highest BCUT2D eigenvalue weighted by molar-refractivity contribution is 8.00. The number of hydrogen-bond acceptors (Lipinski definition) is 4. The van der Waals surface area contributed by atoms with Gasteiger partial charge in [-0.15, -0.1) is 11.8 Å². The number of nitrogens with zero attached hydrogens (tertiary/aromatic N) is 1. The molecular weight excluding hydrogens is 483 g/mol. The molecule has 2 fully saturated rings. The molecule has 1 aliphatic carbocycles. The summed E-state index contributed by atoms with van der Waals surface area (Å²) in [6.45, 7) is 2.31. The number of carbonyl (C=O) groups excluding carboxylic acids is 2. The van der Waals surface area contributed by atoms with Crippen LogP contribution in [0.4, 0.5) is 0 Å². The fourth-order valence-corrected chi connectivity index (χ4v) is 6.02. The number of nitrogens with one attached hydrogen (secondary N) is 1. The number of carbonyl (C=O) groups is 3. The highest BCUT2D eigenvalue weighted by Crippen LogP contribution is 2.41. The minimum Gasteiger partial charge on any atom is -0.480 e. The maximum Gasteiger partial charge on any atom is 0.325 e. The molecule has 1 atom stereocenters. The smallest absolute Gasteiger partial charge is 0.325 e. The molecule has 0 radical (unpaired) electrons. The lowest BCUT2D eigenvalue weighted by Crippen LogP contribution is -2.46. The summed E-state index contributed by atoms with van der Waals surface area (Å²) in [5, 5.41) is 13.0. The molecule has 1 aromatic rings. The predicted molar refractivity (Wildman–Crippen MR) is 133 cm³/mol. The van der Waals surface area contributed by atoms with E-state index in [-0.39, 0.29) is 17.7 Å². The van der Waals surface area contributed by atoms with Gasteiger partial charge in [0.15, 0.2) is 0 Å². The second kappa shape index (κ2) is 12.1. The molecule has 9 heteroatoms. The van der Waals surface area contributed by atoms with Crippen LogP contribution in [0.25, 0.3) is 6.08 Å². The number of carboxylic acids is 1. The molecular formula is C24H30Cl2N2O4S. The zero-order chi connectivity index (χ0) is 24.0. The van der Waals surface area contributed by atoms with Crippen molar-refractivity contribution in [2.24, 2.45) is 5.92 Å². The van der Waals surface area contributed by atoms with Crippen molar-refractivity contribution >= 4 is 58.8 Å². The van der Waals surface area contributed by atoms with Gasteiger partial charge in [-0.2, -0.15) is 0 Å². The standard InChI is InChI=1S/C24H30Cl2N2O4S/c1-15(24(31)32)27-23(30)17-11-13-28(14-12-17)20(29)10-8-16-7-9-19(22(26)21(16)25)33-18-5-3-2-4-6-18/h7-10,15,17-18H,2-6,11-14H2,1H3,(H,27,30)(H,31,32)/b10-8+/t15-/m0/s1. The predicted octanol–water partition coefficient (Wildman–Crippen LogP) is 5.26. The normalized spacial score (nSPS) is 18.9. The Bertz CT molecular complexity index is 910. The first-order chi connectivity index (χ1) is 15.8. The number of rotatable bonds is 7. The molecule has 2 amide bonds. The Morgan fingerprint density at radius 1 is 1.09 bits per heavy atom. The van der Waals surface area contributed by atoms with Gasteiger partial charge >= 0.3 is 5.97 Å². The number of carboxylic acid groups (broad SMARTS) is 1. The zero-order valence-electron chi connectivity index (χ0n) is 18.7. The van der Waals surface area contributed by atoms with Crippen LogP contribution in [0, 0.1) is 5.92 Å². The number of benzene rings is 1. The largest absolute Gasteiger partial charge is 0.480 e. The van der Waals surface area contributed by atoms with Crippen molar-refractivity contribution in [1.82, 2.24) is 10.2 Å². The Labute approximate surface area is 209 Å². The molecule has 1 aliphatic heterocycles. The van der Waals surface area contributed by atoms with Crippen molar-refractivity contribution in [1.29, 1.82) is 0 Å². The lowest BCUT2D eigenvalue weighted by Gasteiger charge is -2.31. The number of thioether (sulfide) groups is 1. The minimum absolute atomic E-state index is 0.152. The Balaban J connectivity index is 1.53. The van der Waals surface area contributed by atoms with E-state index in [9.17, 15) is 14.4 Å². The lowest BCUT2D eigenvalue weighted by atomic mass is 9.95. The van der Waals surface area contributed by atoms with Gasteiger partial charge in [-0.05, 0) is 50.3 Å². The summed E-state index contributed by atoms with van der Waals surface area (Å²) in [4.78, 5) is 38.4. The third kappa shape index (κ3) is 7.14.